The number of hydrogen-bond donors (Lipinski definition) is 2. The first-order chi connectivity index (χ1) is 7.77. The number of aromatic amines is 1. The lowest BCUT2D eigenvalue weighted by atomic mass is 10.0. The minimum Gasteiger partial charge on any atom is -0.314 e. The zero-order valence-corrected chi connectivity index (χ0v) is 9.98. The van der Waals surface area contributed by atoms with E-state index in [0.29, 0.717) is 12.0 Å². The zero-order valence-electron chi connectivity index (χ0n) is 9.98. The molecule has 6 nitrogen and oxygen atoms in total. The van der Waals surface area contributed by atoms with E-state index in [1.807, 2.05) is 0 Å². The molecule has 1 unspecified atom stereocenters. The standard InChI is InChI=1S/C10H20N6/c1-8(2)7-9(10-12-14-15-13-10)16-5-3-11-4-6-16/h8-9,11H,3-7H2,1-2H3,(H,12,13,14,15). The van der Waals surface area contributed by atoms with Crippen molar-refractivity contribution >= 4 is 0 Å². The van der Waals surface area contributed by atoms with Crippen LogP contribution >= 0.6 is 0 Å². The molecule has 1 aromatic rings. The summed E-state index contributed by atoms with van der Waals surface area (Å²) >= 11 is 0. The predicted octanol–water partition coefficient (Wildman–Crippen LogP) is 0.192. The Balaban J connectivity index is 2.07. The lowest BCUT2D eigenvalue weighted by Gasteiger charge is -2.33. The van der Waals surface area contributed by atoms with Gasteiger partial charge in [0.05, 0.1) is 6.04 Å². The number of nitrogens with one attached hydrogen (secondary N) is 2. The highest BCUT2D eigenvalue weighted by Crippen LogP contribution is 2.24. The Labute approximate surface area is 95.8 Å². The molecular formula is C10H20N6. The van der Waals surface area contributed by atoms with Crippen LogP contribution in [-0.4, -0.2) is 51.7 Å². The van der Waals surface area contributed by atoms with E-state index in [4.69, 9.17) is 0 Å². The molecule has 16 heavy (non-hydrogen) atoms. The van der Waals surface area contributed by atoms with Crippen LogP contribution in [0.3, 0.4) is 0 Å². The Morgan fingerprint density at radius 2 is 2.06 bits per heavy atom. The molecule has 1 aliphatic heterocycles. The van der Waals surface area contributed by atoms with E-state index in [0.717, 1.165) is 38.4 Å². The van der Waals surface area contributed by atoms with Crippen molar-refractivity contribution in [3.63, 3.8) is 0 Å². The number of hydrogen-bond acceptors (Lipinski definition) is 5. The van der Waals surface area contributed by atoms with Crippen LogP contribution in [0, 0.1) is 5.92 Å². The Morgan fingerprint density at radius 1 is 1.31 bits per heavy atom. The van der Waals surface area contributed by atoms with Crippen molar-refractivity contribution in [2.24, 2.45) is 5.92 Å². The fourth-order valence-corrected chi connectivity index (χ4v) is 2.17. The van der Waals surface area contributed by atoms with Gasteiger partial charge in [-0.2, -0.15) is 5.21 Å². The molecule has 0 spiro atoms. The second-order valence-electron chi connectivity index (χ2n) is 4.70. The average Bonchev–Trinajstić information content (AvgIpc) is 2.80. The van der Waals surface area contributed by atoms with E-state index >= 15 is 0 Å². The van der Waals surface area contributed by atoms with Crippen molar-refractivity contribution in [2.75, 3.05) is 26.2 Å². The Kier molecular flexibility index (Phi) is 3.84. The van der Waals surface area contributed by atoms with Crippen molar-refractivity contribution in [1.82, 2.24) is 30.8 Å². The SMILES string of the molecule is CC(C)CC(c1nn[nH]n1)N1CCNCC1. The molecule has 0 aliphatic carbocycles. The maximum Gasteiger partial charge on any atom is 0.191 e. The summed E-state index contributed by atoms with van der Waals surface area (Å²) in [5, 5.41) is 17.8. The molecule has 0 bridgehead atoms. The molecule has 2 rings (SSSR count). The summed E-state index contributed by atoms with van der Waals surface area (Å²) in [5.74, 6) is 1.47. The van der Waals surface area contributed by atoms with Crippen LogP contribution in [-0.2, 0) is 0 Å². The number of aromatic nitrogens is 4. The molecule has 1 fully saturated rings. The predicted molar refractivity (Wildman–Crippen MR) is 60.8 cm³/mol. The van der Waals surface area contributed by atoms with E-state index in [1.165, 1.54) is 0 Å². The van der Waals surface area contributed by atoms with Gasteiger partial charge in [-0.3, -0.25) is 4.90 Å². The lowest BCUT2D eigenvalue weighted by Crippen LogP contribution is -2.45. The zero-order chi connectivity index (χ0) is 11.4. The van der Waals surface area contributed by atoms with Crippen molar-refractivity contribution in [3.8, 4) is 0 Å². The van der Waals surface area contributed by atoms with Crippen molar-refractivity contribution in [3.05, 3.63) is 5.82 Å². The first-order valence-corrected chi connectivity index (χ1v) is 5.95. The fourth-order valence-electron chi connectivity index (χ4n) is 2.17. The van der Waals surface area contributed by atoms with E-state index in [1.54, 1.807) is 0 Å². The molecule has 2 heterocycles. The highest BCUT2D eigenvalue weighted by Gasteiger charge is 2.25. The van der Waals surface area contributed by atoms with Gasteiger partial charge in [-0.05, 0) is 12.3 Å². The van der Waals surface area contributed by atoms with Crippen LogP contribution in [0.25, 0.3) is 0 Å². The van der Waals surface area contributed by atoms with Crippen LogP contribution in [0.5, 0.6) is 0 Å². The van der Waals surface area contributed by atoms with E-state index in [9.17, 15) is 0 Å². The van der Waals surface area contributed by atoms with E-state index in [2.05, 4.69) is 44.7 Å². The van der Waals surface area contributed by atoms with Gasteiger partial charge in [0.15, 0.2) is 5.82 Å². The summed E-state index contributed by atoms with van der Waals surface area (Å²) in [6, 6.07) is 0.306. The van der Waals surface area contributed by atoms with Gasteiger partial charge < -0.3 is 5.32 Å². The molecule has 0 radical (unpaired) electrons. The van der Waals surface area contributed by atoms with Crippen molar-refractivity contribution in [2.45, 2.75) is 26.3 Å². The first kappa shape index (κ1) is 11.5. The van der Waals surface area contributed by atoms with Crippen LogP contribution in [0.1, 0.15) is 32.1 Å². The average molecular weight is 224 g/mol. The molecule has 90 valence electrons. The van der Waals surface area contributed by atoms with Gasteiger partial charge >= 0.3 is 0 Å². The summed E-state index contributed by atoms with van der Waals surface area (Å²) in [7, 11) is 0. The minimum absolute atomic E-state index is 0.306. The van der Waals surface area contributed by atoms with Gasteiger partial charge in [0.25, 0.3) is 0 Å². The molecular weight excluding hydrogens is 204 g/mol. The fraction of sp³-hybridized carbons (Fsp3) is 0.900. The van der Waals surface area contributed by atoms with Crippen LogP contribution in [0.2, 0.25) is 0 Å². The molecule has 0 saturated carbocycles. The topological polar surface area (TPSA) is 69.7 Å². The van der Waals surface area contributed by atoms with Crippen molar-refractivity contribution in [1.29, 1.82) is 0 Å². The van der Waals surface area contributed by atoms with Crippen LogP contribution in [0.15, 0.2) is 0 Å². The van der Waals surface area contributed by atoms with Gasteiger partial charge in [-0.1, -0.05) is 19.1 Å². The minimum atomic E-state index is 0.306. The monoisotopic (exact) mass is 224 g/mol. The van der Waals surface area contributed by atoms with E-state index < -0.39 is 0 Å². The van der Waals surface area contributed by atoms with Gasteiger partial charge in [0.2, 0.25) is 0 Å². The third-order valence-corrected chi connectivity index (χ3v) is 2.95. The summed E-state index contributed by atoms with van der Waals surface area (Å²) in [5.41, 5.74) is 0. The first-order valence-electron chi connectivity index (χ1n) is 5.95. The van der Waals surface area contributed by atoms with Gasteiger partial charge in [-0.25, -0.2) is 0 Å². The highest BCUT2D eigenvalue weighted by atomic mass is 15.5. The number of nitrogens with zero attached hydrogens (tertiary/aromatic N) is 4. The summed E-state index contributed by atoms with van der Waals surface area (Å²) in [6.07, 6.45) is 1.08. The second kappa shape index (κ2) is 5.36. The number of piperazine rings is 1. The molecule has 0 amide bonds. The third-order valence-electron chi connectivity index (χ3n) is 2.95. The van der Waals surface area contributed by atoms with Gasteiger partial charge in [-0.15, -0.1) is 10.2 Å². The molecule has 1 atom stereocenters. The van der Waals surface area contributed by atoms with Gasteiger partial charge in [0.1, 0.15) is 0 Å². The number of rotatable bonds is 4. The molecule has 1 saturated heterocycles. The normalized spacial score (nSPS) is 20.2. The Hall–Kier alpha value is -1.01. The molecule has 6 heteroatoms. The second-order valence-corrected chi connectivity index (χ2v) is 4.70. The largest absolute Gasteiger partial charge is 0.314 e. The summed E-state index contributed by atoms with van der Waals surface area (Å²) < 4.78 is 0. The molecule has 0 aromatic carbocycles. The maximum atomic E-state index is 4.14. The maximum absolute atomic E-state index is 4.14. The number of tetrazole rings is 1. The van der Waals surface area contributed by atoms with Crippen LogP contribution in [0.4, 0.5) is 0 Å². The summed E-state index contributed by atoms with van der Waals surface area (Å²) in [6.45, 7) is 8.68. The molecule has 2 N–H and O–H groups in total. The molecule has 1 aliphatic rings. The highest BCUT2D eigenvalue weighted by molar-refractivity contribution is 4.92. The number of H-pyrrole nitrogens is 1. The quantitative estimate of drug-likeness (QED) is 0.764. The van der Waals surface area contributed by atoms with Gasteiger partial charge in [0, 0.05) is 26.2 Å². The van der Waals surface area contributed by atoms with E-state index in [-0.39, 0.29) is 0 Å². The molecule has 1 aromatic heterocycles. The lowest BCUT2D eigenvalue weighted by molar-refractivity contribution is 0.147. The van der Waals surface area contributed by atoms with Crippen LogP contribution < -0.4 is 5.32 Å². The third kappa shape index (κ3) is 2.76. The summed E-state index contributed by atoms with van der Waals surface area (Å²) in [4.78, 5) is 2.45. The smallest absolute Gasteiger partial charge is 0.191 e. The van der Waals surface area contributed by atoms with Crippen molar-refractivity contribution < 1.29 is 0 Å². The Bertz CT molecular complexity index is 290. The Morgan fingerprint density at radius 3 is 2.62 bits per heavy atom.